The van der Waals surface area contributed by atoms with Crippen molar-refractivity contribution in [2.24, 2.45) is 5.92 Å². The predicted octanol–water partition coefficient (Wildman–Crippen LogP) is 2.95. The van der Waals surface area contributed by atoms with E-state index in [1.165, 1.54) is 10.6 Å². The molecule has 0 bridgehead atoms. The van der Waals surface area contributed by atoms with E-state index in [4.69, 9.17) is 0 Å². The van der Waals surface area contributed by atoms with Gasteiger partial charge < -0.3 is 10.2 Å². The number of thiazole rings is 1. The van der Waals surface area contributed by atoms with Gasteiger partial charge in [0.1, 0.15) is 0 Å². The van der Waals surface area contributed by atoms with Gasteiger partial charge in [0.2, 0.25) is 5.91 Å². The van der Waals surface area contributed by atoms with Gasteiger partial charge in [-0.2, -0.15) is 0 Å². The number of fused-ring (bicyclic) bond motifs is 1. The van der Waals surface area contributed by atoms with Crippen LogP contribution in [0.1, 0.15) is 17.0 Å². The van der Waals surface area contributed by atoms with Gasteiger partial charge in [0.05, 0.1) is 11.2 Å². The molecule has 21 heavy (non-hydrogen) atoms. The van der Waals surface area contributed by atoms with Crippen molar-refractivity contribution in [1.82, 2.24) is 4.98 Å². The van der Waals surface area contributed by atoms with Crippen LogP contribution in [-0.2, 0) is 17.6 Å². The predicted molar refractivity (Wildman–Crippen MR) is 87.0 cm³/mol. The maximum atomic E-state index is 12.4. The second kappa shape index (κ2) is 5.85. The number of hydrogen-bond donors (Lipinski definition) is 1. The van der Waals surface area contributed by atoms with Crippen molar-refractivity contribution in [2.75, 3.05) is 24.3 Å². The number of carbonyl (C=O) groups is 1. The number of nitrogens with one attached hydrogen (secondary N) is 1. The van der Waals surface area contributed by atoms with Gasteiger partial charge in [-0.3, -0.25) is 4.79 Å². The van der Waals surface area contributed by atoms with Gasteiger partial charge in [-0.25, -0.2) is 4.98 Å². The molecule has 0 spiro atoms. The molecule has 1 aromatic heterocycles. The lowest BCUT2D eigenvalue weighted by Gasteiger charge is -2.20. The average Bonchev–Trinajstić information content (AvgIpc) is 2.95. The van der Waals surface area contributed by atoms with Crippen molar-refractivity contribution in [2.45, 2.75) is 19.3 Å². The summed E-state index contributed by atoms with van der Waals surface area (Å²) < 4.78 is 0. The van der Waals surface area contributed by atoms with Crippen molar-refractivity contribution >= 4 is 28.6 Å². The van der Waals surface area contributed by atoms with E-state index in [1.54, 1.807) is 11.3 Å². The Morgan fingerprint density at radius 1 is 1.33 bits per heavy atom. The van der Waals surface area contributed by atoms with Gasteiger partial charge in [-0.15, -0.1) is 11.3 Å². The van der Waals surface area contributed by atoms with E-state index in [0.29, 0.717) is 0 Å². The summed E-state index contributed by atoms with van der Waals surface area (Å²) in [6.45, 7) is 0. The summed E-state index contributed by atoms with van der Waals surface area (Å²) in [5.74, 6) is 0.179. The van der Waals surface area contributed by atoms with Crippen molar-refractivity contribution in [1.29, 1.82) is 0 Å². The first-order valence-electron chi connectivity index (χ1n) is 7.13. The molecule has 0 saturated carbocycles. The Bertz CT molecular complexity index is 633. The van der Waals surface area contributed by atoms with Crippen LogP contribution >= 0.6 is 11.3 Å². The first-order chi connectivity index (χ1) is 10.1. The molecule has 3 rings (SSSR count). The third-order valence-electron chi connectivity index (χ3n) is 3.91. The van der Waals surface area contributed by atoms with Crippen LogP contribution < -0.4 is 10.2 Å². The number of carbonyl (C=O) groups excluding carboxylic acids is 1. The van der Waals surface area contributed by atoms with E-state index < -0.39 is 0 Å². The van der Waals surface area contributed by atoms with E-state index >= 15 is 0 Å². The number of benzene rings is 1. The van der Waals surface area contributed by atoms with Crippen molar-refractivity contribution in [3.05, 3.63) is 40.3 Å². The van der Waals surface area contributed by atoms with Crippen LogP contribution in [0.2, 0.25) is 0 Å². The standard InChI is InChI=1S/C16H19N3OS/c1-19(2)13-6-4-12(5-7-13)18-16(20)11-3-8-14-15(9-11)21-10-17-14/h4-7,10-11H,3,8-9H2,1-2H3,(H,18,20). The molecule has 0 radical (unpaired) electrons. The van der Waals surface area contributed by atoms with Gasteiger partial charge in [0, 0.05) is 36.3 Å². The Kier molecular flexibility index (Phi) is 3.92. The molecule has 1 aliphatic carbocycles. The Morgan fingerprint density at radius 3 is 2.81 bits per heavy atom. The number of aromatic nitrogens is 1. The van der Waals surface area contributed by atoms with Gasteiger partial charge in [0.25, 0.3) is 0 Å². The first-order valence-corrected chi connectivity index (χ1v) is 8.01. The van der Waals surface area contributed by atoms with Crippen LogP contribution in [0.5, 0.6) is 0 Å². The number of rotatable bonds is 3. The monoisotopic (exact) mass is 301 g/mol. The second-order valence-electron chi connectivity index (χ2n) is 5.59. The Balaban J connectivity index is 1.64. The summed E-state index contributed by atoms with van der Waals surface area (Å²) >= 11 is 1.66. The number of amides is 1. The van der Waals surface area contributed by atoms with Gasteiger partial charge in [-0.1, -0.05) is 0 Å². The fourth-order valence-electron chi connectivity index (χ4n) is 2.61. The SMILES string of the molecule is CN(C)c1ccc(NC(=O)C2CCc3ncsc3C2)cc1. The van der Waals surface area contributed by atoms with E-state index in [9.17, 15) is 4.79 Å². The summed E-state index contributed by atoms with van der Waals surface area (Å²) in [7, 11) is 4.00. The molecule has 1 heterocycles. The highest BCUT2D eigenvalue weighted by Crippen LogP contribution is 2.28. The Labute approximate surface area is 128 Å². The Hall–Kier alpha value is -1.88. The van der Waals surface area contributed by atoms with Crippen LogP contribution in [0.25, 0.3) is 0 Å². The third kappa shape index (κ3) is 3.08. The molecule has 1 atom stereocenters. The first kappa shape index (κ1) is 14.1. The third-order valence-corrected chi connectivity index (χ3v) is 4.81. The molecule has 4 nitrogen and oxygen atoms in total. The molecule has 0 aliphatic heterocycles. The number of anilines is 2. The van der Waals surface area contributed by atoms with E-state index in [1.807, 2.05) is 48.8 Å². The molecule has 1 aliphatic rings. The lowest BCUT2D eigenvalue weighted by Crippen LogP contribution is -2.27. The van der Waals surface area contributed by atoms with Crippen LogP contribution in [0, 0.1) is 5.92 Å². The van der Waals surface area contributed by atoms with Crippen molar-refractivity contribution in [3.8, 4) is 0 Å². The van der Waals surface area contributed by atoms with Crippen molar-refractivity contribution in [3.63, 3.8) is 0 Å². The summed E-state index contributed by atoms with van der Waals surface area (Å²) in [5, 5.41) is 3.03. The Morgan fingerprint density at radius 2 is 2.10 bits per heavy atom. The highest BCUT2D eigenvalue weighted by Gasteiger charge is 2.26. The van der Waals surface area contributed by atoms with Gasteiger partial charge in [-0.05, 0) is 43.5 Å². The zero-order valence-corrected chi connectivity index (χ0v) is 13.1. The molecule has 1 amide bonds. The van der Waals surface area contributed by atoms with E-state index in [-0.39, 0.29) is 11.8 Å². The molecule has 5 heteroatoms. The number of aryl methyl sites for hydroxylation is 1. The quantitative estimate of drug-likeness (QED) is 0.948. The van der Waals surface area contributed by atoms with Crippen molar-refractivity contribution < 1.29 is 4.79 Å². The largest absolute Gasteiger partial charge is 0.378 e. The van der Waals surface area contributed by atoms with Gasteiger partial charge >= 0.3 is 0 Å². The van der Waals surface area contributed by atoms with E-state index in [2.05, 4.69) is 10.3 Å². The van der Waals surface area contributed by atoms with Gasteiger partial charge in [0.15, 0.2) is 0 Å². The minimum atomic E-state index is 0.0616. The molecule has 2 aromatic rings. The van der Waals surface area contributed by atoms with Crippen LogP contribution in [-0.4, -0.2) is 25.0 Å². The van der Waals surface area contributed by atoms with Crippen LogP contribution in [0.4, 0.5) is 11.4 Å². The summed E-state index contributed by atoms with van der Waals surface area (Å²) in [6.07, 6.45) is 2.62. The van der Waals surface area contributed by atoms with Crippen LogP contribution in [0.15, 0.2) is 29.8 Å². The summed E-state index contributed by atoms with van der Waals surface area (Å²) in [4.78, 5) is 20.0. The molecular formula is C16H19N3OS. The molecule has 110 valence electrons. The number of hydrogen-bond acceptors (Lipinski definition) is 4. The molecule has 0 fully saturated rings. The maximum absolute atomic E-state index is 12.4. The minimum absolute atomic E-state index is 0.0616. The molecule has 1 aromatic carbocycles. The highest BCUT2D eigenvalue weighted by atomic mass is 32.1. The average molecular weight is 301 g/mol. The second-order valence-corrected chi connectivity index (χ2v) is 6.53. The normalized spacial score (nSPS) is 17.1. The molecular weight excluding hydrogens is 282 g/mol. The molecule has 1 N–H and O–H groups in total. The lowest BCUT2D eigenvalue weighted by atomic mass is 9.90. The maximum Gasteiger partial charge on any atom is 0.227 e. The highest BCUT2D eigenvalue weighted by molar-refractivity contribution is 7.09. The zero-order valence-electron chi connectivity index (χ0n) is 12.3. The summed E-state index contributed by atoms with van der Waals surface area (Å²) in [6, 6.07) is 7.93. The molecule has 0 saturated heterocycles. The summed E-state index contributed by atoms with van der Waals surface area (Å²) in [5.41, 5.74) is 5.05. The lowest BCUT2D eigenvalue weighted by molar-refractivity contribution is -0.120. The topological polar surface area (TPSA) is 45.2 Å². The number of nitrogens with zero attached hydrogens (tertiary/aromatic N) is 2. The fourth-order valence-corrected chi connectivity index (χ4v) is 3.51. The fraction of sp³-hybridized carbons (Fsp3) is 0.375. The molecule has 1 unspecified atom stereocenters. The minimum Gasteiger partial charge on any atom is -0.378 e. The van der Waals surface area contributed by atoms with Crippen LogP contribution in [0.3, 0.4) is 0 Å². The zero-order chi connectivity index (χ0) is 14.8. The smallest absolute Gasteiger partial charge is 0.227 e. The van der Waals surface area contributed by atoms with E-state index in [0.717, 1.165) is 30.6 Å².